The fourth-order valence-electron chi connectivity index (χ4n) is 1.80. The first-order chi connectivity index (χ1) is 10.8. The lowest BCUT2D eigenvalue weighted by Crippen LogP contribution is -2.41. The van der Waals surface area contributed by atoms with E-state index in [1.165, 1.54) is 6.07 Å². The van der Waals surface area contributed by atoms with Crippen LogP contribution in [0.25, 0.3) is 0 Å². The van der Waals surface area contributed by atoms with Crippen molar-refractivity contribution in [2.24, 2.45) is 0 Å². The molecule has 120 valence electrons. The zero-order valence-corrected chi connectivity index (χ0v) is 12.1. The second-order valence-corrected chi connectivity index (χ2v) is 4.85. The normalized spacial score (nSPS) is 11.0. The van der Waals surface area contributed by atoms with Crippen LogP contribution >= 0.6 is 0 Å². The van der Waals surface area contributed by atoms with Gasteiger partial charge in [0.15, 0.2) is 0 Å². The Hall–Kier alpha value is -2.83. The van der Waals surface area contributed by atoms with Gasteiger partial charge in [0.25, 0.3) is 11.8 Å². The molecule has 0 fully saturated rings. The van der Waals surface area contributed by atoms with Gasteiger partial charge in [-0.1, -0.05) is 23.8 Å². The van der Waals surface area contributed by atoms with Crippen LogP contribution in [0.1, 0.15) is 31.8 Å². The number of carbonyl (C=O) groups is 2. The lowest BCUT2D eigenvalue weighted by molar-refractivity contribution is -0.137. The second-order valence-electron chi connectivity index (χ2n) is 4.85. The van der Waals surface area contributed by atoms with Gasteiger partial charge in [-0.15, -0.1) is 0 Å². The first-order valence-electron chi connectivity index (χ1n) is 6.62. The summed E-state index contributed by atoms with van der Waals surface area (Å²) in [5, 5.41) is 0. The third kappa shape index (κ3) is 4.32. The highest BCUT2D eigenvalue weighted by Crippen LogP contribution is 2.29. The van der Waals surface area contributed by atoms with E-state index in [2.05, 4.69) is 10.9 Å². The number of aryl methyl sites for hydroxylation is 1. The molecule has 0 radical (unpaired) electrons. The van der Waals surface area contributed by atoms with E-state index in [4.69, 9.17) is 0 Å². The van der Waals surface area contributed by atoms with Gasteiger partial charge in [-0.25, -0.2) is 0 Å². The number of carbonyl (C=O) groups excluding carboxylic acids is 2. The molecule has 0 unspecified atom stereocenters. The fraction of sp³-hybridized carbons (Fsp3) is 0.125. The molecule has 2 aromatic rings. The van der Waals surface area contributed by atoms with Crippen LogP contribution in [0.4, 0.5) is 13.2 Å². The minimum Gasteiger partial charge on any atom is -0.267 e. The van der Waals surface area contributed by atoms with E-state index in [1.807, 2.05) is 6.92 Å². The molecule has 2 amide bonds. The summed E-state index contributed by atoms with van der Waals surface area (Å²) in [7, 11) is 0. The van der Waals surface area contributed by atoms with Crippen LogP contribution < -0.4 is 10.9 Å². The van der Waals surface area contributed by atoms with E-state index >= 15 is 0 Å². The van der Waals surface area contributed by atoms with Crippen molar-refractivity contribution < 1.29 is 22.8 Å². The molecule has 0 aliphatic carbocycles. The van der Waals surface area contributed by atoms with Gasteiger partial charge < -0.3 is 0 Å². The van der Waals surface area contributed by atoms with Gasteiger partial charge in [0.05, 0.1) is 5.56 Å². The van der Waals surface area contributed by atoms with Gasteiger partial charge in [-0.3, -0.25) is 20.4 Å². The predicted molar refractivity (Wildman–Crippen MR) is 77.6 cm³/mol. The number of hydrogen-bond donors (Lipinski definition) is 2. The van der Waals surface area contributed by atoms with E-state index in [9.17, 15) is 22.8 Å². The Kier molecular flexibility index (Phi) is 4.68. The fourth-order valence-corrected chi connectivity index (χ4v) is 1.80. The molecule has 2 rings (SSSR count). The van der Waals surface area contributed by atoms with Crippen molar-refractivity contribution in [1.82, 2.24) is 10.9 Å². The molecule has 0 bridgehead atoms. The number of hydrogen-bond acceptors (Lipinski definition) is 2. The molecule has 2 aromatic carbocycles. The highest BCUT2D eigenvalue weighted by molar-refractivity contribution is 5.99. The maximum Gasteiger partial charge on any atom is 0.416 e. The van der Waals surface area contributed by atoms with Gasteiger partial charge in [0.2, 0.25) is 0 Å². The molecule has 23 heavy (non-hydrogen) atoms. The molecule has 0 spiro atoms. The Labute approximate surface area is 130 Å². The molecule has 4 nitrogen and oxygen atoms in total. The molecule has 0 aromatic heterocycles. The molecule has 0 atom stereocenters. The second kappa shape index (κ2) is 6.51. The monoisotopic (exact) mass is 322 g/mol. The highest BCUT2D eigenvalue weighted by atomic mass is 19.4. The van der Waals surface area contributed by atoms with Crippen LogP contribution in [-0.4, -0.2) is 11.8 Å². The number of rotatable bonds is 2. The van der Waals surface area contributed by atoms with Gasteiger partial charge >= 0.3 is 6.18 Å². The molecule has 0 aliphatic rings. The zero-order chi connectivity index (χ0) is 17.0. The molecular weight excluding hydrogens is 309 g/mol. The first kappa shape index (κ1) is 16.5. The molecule has 0 heterocycles. The van der Waals surface area contributed by atoms with Crippen LogP contribution in [0.15, 0.2) is 48.5 Å². The molecule has 0 aliphatic heterocycles. The van der Waals surface area contributed by atoms with Gasteiger partial charge in [-0.05, 0) is 37.3 Å². The number of benzene rings is 2. The number of halogens is 3. The van der Waals surface area contributed by atoms with Gasteiger partial charge in [0.1, 0.15) is 0 Å². The van der Waals surface area contributed by atoms with Gasteiger partial charge in [-0.2, -0.15) is 13.2 Å². The van der Waals surface area contributed by atoms with Gasteiger partial charge in [0, 0.05) is 11.1 Å². The van der Waals surface area contributed by atoms with Crippen LogP contribution in [-0.2, 0) is 6.18 Å². The molecule has 0 saturated carbocycles. The smallest absolute Gasteiger partial charge is 0.267 e. The van der Waals surface area contributed by atoms with Crippen molar-refractivity contribution >= 4 is 11.8 Å². The Bertz CT molecular complexity index is 725. The Balaban J connectivity index is 2.02. The van der Waals surface area contributed by atoms with E-state index in [0.29, 0.717) is 11.6 Å². The summed E-state index contributed by atoms with van der Waals surface area (Å²) in [5.74, 6) is -1.40. The number of amides is 2. The summed E-state index contributed by atoms with van der Waals surface area (Å²) in [4.78, 5) is 23.6. The van der Waals surface area contributed by atoms with Crippen molar-refractivity contribution in [2.45, 2.75) is 13.1 Å². The number of hydrazine groups is 1. The summed E-state index contributed by atoms with van der Waals surface area (Å²) in [5.41, 5.74) is 4.39. The first-order valence-corrected chi connectivity index (χ1v) is 6.62. The van der Waals surface area contributed by atoms with E-state index < -0.39 is 23.6 Å². The molecule has 7 heteroatoms. The largest absolute Gasteiger partial charge is 0.416 e. The standard InChI is InChI=1S/C16H13F3N2O2/c1-10-5-7-11(8-6-10)14(22)20-21-15(23)12-3-2-4-13(9-12)16(17,18)19/h2-9H,1H3,(H,20,22)(H,21,23). The topological polar surface area (TPSA) is 58.2 Å². The maximum absolute atomic E-state index is 12.6. The summed E-state index contributed by atoms with van der Waals surface area (Å²) < 4.78 is 37.8. The maximum atomic E-state index is 12.6. The summed E-state index contributed by atoms with van der Waals surface area (Å²) in [6, 6.07) is 10.5. The Morgan fingerprint density at radius 2 is 1.43 bits per heavy atom. The number of alkyl halides is 3. The summed E-state index contributed by atoms with van der Waals surface area (Å²) >= 11 is 0. The van der Waals surface area contributed by atoms with Crippen LogP contribution in [0.3, 0.4) is 0 Å². The SMILES string of the molecule is Cc1ccc(C(=O)NNC(=O)c2cccc(C(F)(F)F)c2)cc1. The highest BCUT2D eigenvalue weighted by Gasteiger charge is 2.30. The number of nitrogens with one attached hydrogen (secondary N) is 2. The van der Waals surface area contributed by atoms with Crippen molar-refractivity contribution in [1.29, 1.82) is 0 Å². The summed E-state index contributed by atoms with van der Waals surface area (Å²) in [6.07, 6.45) is -4.54. The molecule has 2 N–H and O–H groups in total. The quantitative estimate of drug-likeness (QED) is 0.835. The third-order valence-electron chi connectivity index (χ3n) is 3.06. The predicted octanol–water partition coefficient (Wildman–Crippen LogP) is 3.09. The van der Waals surface area contributed by atoms with Crippen LogP contribution in [0.2, 0.25) is 0 Å². The average Bonchev–Trinajstić information content (AvgIpc) is 2.52. The summed E-state index contributed by atoms with van der Waals surface area (Å²) in [6.45, 7) is 1.86. The van der Waals surface area contributed by atoms with E-state index in [1.54, 1.807) is 24.3 Å². The minimum atomic E-state index is -4.54. The lowest BCUT2D eigenvalue weighted by atomic mass is 10.1. The molecule has 0 saturated heterocycles. The van der Waals surface area contributed by atoms with Crippen LogP contribution in [0, 0.1) is 6.92 Å². The van der Waals surface area contributed by atoms with Crippen LogP contribution in [0.5, 0.6) is 0 Å². The minimum absolute atomic E-state index is 0.205. The molecular formula is C16H13F3N2O2. The Morgan fingerprint density at radius 3 is 2.00 bits per heavy atom. The van der Waals surface area contributed by atoms with Crippen molar-refractivity contribution in [3.63, 3.8) is 0 Å². The van der Waals surface area contributed by atoms with E-state index in [0.717, 1.165) is 17.7 Å². The average molecular weight is 322 g/mol. The van der Waals surface area contributed by atoms with Crippen molar-refractivity contribution in [2.75, 3.05) is 0 Å². The Morgan fingerprint density at radius 1 is 0.870 bits per heavy atom. The lowest BCUT2D eigenvalue weighted by Gasteiger charge is -2.10. The zero-order valence-electron chi connectivity index (χ0n) is 12.1. The third-order valence-corrected chi connectivity index (χ3v) is 3.06. The van der Waals surface area contributed by atoms with Crippen molar-refractivity contribution in [3.8, 4) is 0 Å². The van der Waals surface area contributed by atoms with Crippen molar-refractivity contribution in [3.05, 3.63) is 70.8 Å². The van der Waals surface area contributed by atoms with E-state index in [-0.39, 0.29) is 5.56 Å².